The molecule has 2 heterocycles. The van der Waals surface area contributed by atoms with Gasteiger partial charge in [0.25, 0.3) is 0 Å². The average molecular weight is 801 g/mol. The lowest BCUT2D eigenvalue weighted by molar-refractivity contribution is 0.0780. The molecule has 3 heteroatoms. The number of anilines is 3. The first-order valence-corrected chi connectivity index (χ1v) is 22.7. The lowest BCUT2D eigenvalue weighted by atomic mass is 9.63. The van der Waals surface area contributed by atoms with E-state index in [1.165, 1.54) is 82.0 Å². The van der Waals surface area contributed by atoms with Crippen molar-refractivity contribution in [1.29, 1.82) is 0 Å². The maximum Gasteiger partial charge on any atom is 0.136 e. The Morgan fingerprint density at radius 1 is 0.468 bits per heavy atom. The zero-order valence-corrected chi connectivity index (χ0v) is 35.0. The smallest absolute Gasteiger partial charge is 0.136 e. The molecule has 2 aromatic heterocycles. The third-order valence-electron chi connectivity index (χ3n) is 15.3. The molecule has 3 saturated carbocycles. The fraction of sp³-hybridized carbons (Fsp3) is 0.186. The predicted molar refractivity (Wildman–Crippen MR) is 258 cm³/mol. The van der Waals surface area contributed by atoms with Crippen LogP contribution < -0.4 is 4.90 Å². The number of aromatic nitrogens is 1. The molecule has 10 aromatic rings. The van der Waals surface area contributed by atoms with E-state index < -0.39 is 0 Å². The van der Waals surface area contributed by atoms with E-state index in [-0.39, 0.29) is 0 Å². The molecule has 62 heavy (non-hydrogen) atoms. The van der Waals surface area contributed by atoms with E-state index in [4.69, 9.17) is 4.42 Å². The van der Waals surface area contributed by atoms with Gasteiger partial charge in [0.05, 0.1) is 11.0 Å². The first-order chi connectivity index (χ1) is 30.5. The van der Waals surface area contributed by atoms with E-state index in [9.17, 15) is 0 Å². The topological polar surface area (TPSA) is 21.3 Å². The van der Waals surface area contributed by atoms with Crippen LogP contribution in [0, 0.1) is 23.7 Å². The van der Waals surface area contributed by atoms with E-state index >= 15 is 0 Å². The summed E-state index contributed by atoms with van der Waals surface area (Å²) in [6, 6.07) is 69.3. The number of hydrogen-bond acceptors (Lipinski definition) is 2. The van der Waals surface area contributed by atoms with Gasteiger partial charge in [-0.05, 0) is 168 Å². The molecule has 0 saturated heterocycles. The van der Waals surface area contributed by atoms with Crippen LogP contribution in [0.15, 0.2) is 192 Å². The van der Waals surface area contributed by atoms with Crippen LogP contribution in [-0.2, 0) is 5.41 Å². The maximum atomic E-state index is 6.28. The molecule has 0 radical (unpaired) electrons. The molecule has 3 fully saturated rings. The first-order valence-electron chi connectivity index (χ1n) is 22.7. The monoisotopic (exact) mass is 800 g/mol. The van der Waals surface area contributed by atoms with Crippen molar-refractivity contribution < 1.29 is 4.42 Å². The lowest BCUT2D eigenvalue weighted by Crippen LogP contribution is -2.34. The van der Waals surface area contributed by atoms with Crippen LogP contribution in [0.3, 0.4) is 0 Å². The summed E-state index contributed by atoms with van der Waals surface area (Å²) in [7, 11) is 0. The highest BCUT2D eigenvalue weighted by Crippen LogP contribution is 2.65. The summed E-state index contributed by atoms with van der Waals surface area (Å²) in [5.74, 6) is 3.66. The molecule has 2 bridgehead atoms. The van der Waals surface area contributed by atoms with Gasteiger partial charge in [0.2, 0.25) is 0 Å². The van der Waals surface area contributed by atoms with E-state index in [0.29, 0.717) is 5.41 Å². The molecule has 5 atom stereocenters. The first kappa shape index (κ1) is 35.9. The normalized spacial score (nSPS) is 21.7. The molecule has 300 valence electrons. The van der Waals surface area contributed by atoms with Crippen LogP contribution in [-0.4, -0.2) is 4.57 Å². The second-order valence-corrected chi connectivity index (χ2v) is 18.9. The van der Waals surface area contributed by atoms with Crippen LogP contribution in [0.2, 0.25) is 0 Å². The molecule has 3 aliphatic carbocycles. The standard InChI is InChI=1S/C59H48N2O/c1-38-31-43-32-44-36-59(35-38,37-54(43)44)45-22-28-48(29-23-45)60(47-26-19-40(20-27-47)42-21-30-53-52-13-4-7-16-57(52)62-58(53)34-42)46-24-17-39(18-25-46)41-9-8-10-49(33-41)61-55-14-5-2-11-50(55)51-12-3-6-15-56(51)61/h2-30,33-34,38,43-44,54H,31-32,35-37H2,1H3/t38-,43?,44-,54?,59?/m0/s1. The van der Waals surface area contributed by atoms with E-state index in [2.05, 4.69) is 192 Å². The van der Waals surface area contributed by atoms with Crippen molar-refractivity contribution in [2.75, 3.05) is 4.90 Å². The molecule has 0 spiro atoms. The third-order valence-corrected chi connectivity index (χ3v) is 15.3. The molecule has 0 N–H and O–H groups in total. The number of fused-ring (bicyclic) bond motifs is 7. The van der Waals surface area contributed by atoms with Gasteiger partial charge in [0.15, 0.2) is 0 Å². The Balaban J connectivity index is 0.865. The second kappa shape index (κ2) is 13.8. The van der Waals surface area contributed by atoms with Crippen LogP contribution in [0.5, 0.6) is 0 Å². The zero-order chi connectivity index (χ0) is 40.9. The molecular formula is C59H48N2O. The van der Waals surface area contributed by atoms with Gasteiger partial charge in [-0.2, -0.15) is 0 Å². The zero-order valence-electron chi connectivity index (χ0n) is 35.0. The van der Waals surface area contributed by atoms with E-state index in [1.54, 1.807) is 5.56 Å². The van der Waals surface area contributed by atoms with Crippen molar-refractivity contribution in [3.63, 3.8) is 0 Å². The van der Waals surface area contributed by atoms with Crippen molar-refractivity contribution in [3.8, 4) is 27.9 Å². The number of para-hydroxylation sites is 3. The molecule has 3 aliphatic rings. The molecule has 0 aliphatic heterocycles. The highest BCUT2D eigenvalue weighted by atomic mass is 16.3. The van der Waals surface area contributed by atoms with Gasteiger partial charge in [0.1, 0.15) is 11.2 Å². The summed E-state index contributed by atoms with van der Waals surface area (Å²) in [4.78, 5) is 2.43. The number of furan rings is 1. The Labute approximate surface area is 362 Å². The number of benzene rings is 8. The fourth-order valence-electron chi connectivity index (χ4n) is 12.5. The summed E-state index contributed by atoms with van der Waals surface area (Å²) < 4.78 is 8.67. The lowest BCUT2D eigenvalue weighted by Gasteiger charge is -2.42. The Kier molecular flexibility index (Phi) is 8.01. The second-order valence-electron chi connectivity index (χ2n) is 18.9. The van der Waals surface area contributed by atoms with Gasteiger partial charge in [-0.3, -0.25) is 0 Å². The summed E-state index contributed by atoms with van der Waals surface area (Å²) in [5, 5.41) is 4.86. The number of nitrogens with zero attached hydrogens (tertiary/aromatic N) is 2. The molecule has 13 rings (SSSR count). The highest BCUT2D eigenvalue weighted by molar-refractivity contribution is 6.09. The maximum absolute atomic E-state index is 6.28. The van der Waals surface area contributed by atoms with Crippen molar-refractivity contribution in [1.82, 2.24) is 4.57 Å². The van der Waals surface area contributed by atoms with Gasteiger partial charge in [-0.15, -0.1) is 0 Å². The predicted octanol–water partition coefficient (Wildman–Crippen LogP) is 16.2. The highest BCUT2D eigenvalue weighted by Gasteiger charge is 2.57. The summed E-state index contributed by atoms with van der Waals surface area (Å²) in [6.45, 7) is 2.51. The van der Waals surface area contributed by atoms with Crippen LogP contribution in [0.25, 0.3) is 71.7 Å². The molecule has 3 nitrogen and oxygen atoms in total. The van der Waals surface area contributed by atoms with Crippen LogP contribution in [0.1, 0.15) is 44.6 Å². The third kappa shape index (κ3) is 5.64. The van der Waals surface area contributed by atoms with E-state index in [0.717, 1.165) is 62.5 Å². The molecule has 3 unspecified atom stereocenters. The van der Waals surface area contributed by atoms with Crippen LogP contribution >= 0.6 is 0 Å². The van der Waals surface area contributed by atoms with Gasteiger partial charge in [-0.1, -0.05) is 116 Å². The summed E-state index contributed by atoms with van der Waals surface area (Å²) in [6.07, 6.45) is 6.99. The Morgan fingerprint density at radius 2 is 1.05 bits per heavy atom. The van der Waals surface area contributed by atoms with Gasteiger partial charge in [0, 0.05) is 44.3 Å². The molecule has 0 amide bonds. The van der Waals surface area contributed by atoms with Crippen molar-refractivity contribution in [3.05, 3.63) is 194 Å². The van der Waals surface area contributed by atoms with Gasteiger partial charge in [-0.25, -0.2) is 0 Å². The van der Waals surface area contributed by atoms with Crippen LogP contribution in [0.4, 0.5) is 17.1 Å². The van der Waals surface area contributed by atoms with Crippen molar-refractivity contribution in [2.45, 2.75) is 44.4 Å². The summed E-state index contributed by atoms with van der Waals surface area (Å²) in [5.41, 5.74) is 15.5. The number of rotatable bonds is 7. The van der Waals surface area contributed by atoms with Gasteiger partial charge >= 0.3 is 0 Å². The van der Waals surface area contributed by atoms with E-state index in [1.807, 2.05) is 12.1 Å². The summed E-state index contributed by atoms with van der Waals surface area (Å²) >= 11 is 0. The van der Waals surface area contributed by atoms with Crippen molar-refractivity contribution in [2.24, 2.45) is 23.7 Å². The molecule has 8 aromatic carbocycles. The Hall–Kier alpha value is -6.84. The Bertz CT molecular complexity index is 3260. The fourth-order valence-corrected chi connectivity index (χ4v) is 12.5. The Morgan fingerprint density at radius 3 is 1.74 bits per heavy atom. The van der Waals surface area contributed by atoms with Gasteiger partial charge < -0.3 is 13.9 Å². The van der Waals surface area contributed by atoms with Crippen molar-refractivity contribution >= 4 is 60.8 Å². The largest absolute Gasteiger partial charge is 0.456 e. The minimum Gasteiger partial charge on any atom is -0.456 e. The minimum absolute atomic E-state index is 0.335. The minimum atomic E-state index is 0.335. The molecular weight excluding hydrogens is 753 g/mol. The quantitative estimate of drug-likeness (QED) is 0.160. The SMILES string of the molecule is C[C@H]1CC2C[C@H]3CC(c4ccc(N(c5ccc(-c6cccc(-n7c8ccccc8c8ccccc87)c6)cc5)c5ccc(-c6ccc7c(c6)oc6ccccc67)cc5)cc4)(CC23)C1. The average Bonchev–Trinajstić information content (AvgIpc) is 3.93. The number of hydrogen-bond donors (Lipinski definition) is 0.